The maximum absolute atomic E-state index is 13.1. The van der Waals surface area contributed by atoms with Gasteiger partial charge in [0.15, 0.2) is 0 Å². The zero-order valence-electron chi connectivity index (χ0n) is 15.9. The Labute approximate surface area is 163 Å². The summed E-state index contributed by atoms with van der Waals surface area (Å²) in [6.45, 7) is 2.43. The molecule has 4 amide bonds. The van der Waals surface area contributed by atoms with Crippen molar-refractivity contribution in [1.29, 1.82) is 0 Å². The van der Waals surface area contributed by atoms with Gasteiger partial charge in [0.05, 0.1) is 11.1 Å². The molecule has 1 unspecified atom stereocenters. The van der Waals surface area contributed by atoms with Crippen LogP contribution in [0.3, 0.4) is 0 Å². The Bertz CT molecular complexity index is 853. The zero-order valence-corrected chi connectivity index (χ0v) is 15.9. The van der Waals surface area contributed by atoms with Gasteiger partial charge in [-0.25, -0.2) is 0 Å². The first kappa shape index (κ1) is 18.8. The molecule has 2 fully saturated rings. The van der Waals surface area contributed by atoms with Crippen LogP contribution in [0.4, 0.5) is 0 Å². The second-order valence-corrected chi connectivity index (χ2v) is 7.61. The number of hydrogen-bond donors (Lipinski definition) is 2. The summed E-state index contributed by atoms with van der Waals surface area (Å²) in [4.78, 5) is 53.1. The monoisotopic (exact) mass is 384 g/mol. The fraction of sp³-hybridized carbons (Fsp3) is 0.500. The number of amides is 4. The zero-order chi connectivity index (χ0) is 19.8. The molecule has 0 spiro atoms. The lowest BCUT2D eigenvalue weighted by Crippen LogP contribution is -2.54. The summed E-state index contributed by atoms with van der Waals surface area (Å²) in [5.74, 6) is -1.84. The molecule has 28 heavy (non-hydrogen) atoms. The van der Waals surface area contributed by atoms with Crippen LogP contribution >= 0.6 is 0 Å². The summed E-state index contributed by atoms with van der Waals surface area (Å²) >= 11 is 0. The van der Waals surface area contributed by atoms with Crippen LogP contribution in [0.5, 0.6) is 0 Å². The lowest BCUT2D eigenvalue weighted by molar-refractivity contribution is -0.136. The van der Waals surface area contributed by atoms with E-state index in [-0.39, 0.29) is 18.7 Å². The van der Waals surface area contributed by atoms with Crippen molar-refractivity contribution in [2.45, 2.75) is 44.3 Å². The molecule has 3 heterocycles. The van der Waals surface area contributed by atoms with Crippen molar-refractivity contribution in [2.24, 2.45) is 0 Å². The molecule has 4 rings (SSSR count). The van der Waals surface area contributed by atoms with E-state index < -0.39 is 23.8 Å². The van der Waals surface area contributed by atoms with Gasteiger partial charge in [-0.3, -0.25) is 34.3 Å². The minimum Gasteiger partial charge on any atom is -0.318 e. The van der Waals surface area contributed by atoms with Crippen molar-refractivity contribution in [2.75, 3.05) is 20.1 Å². The van der Waals surface area contributed by atoms with Gasteiger partial charge < -0.3 is 5.32 Å². The van der Waals surface area contributed by atoms with E-state index in [4.69, 9.17) is 0 Å². The molecule has 148 valence electrons. The number of nitrogens with zero attached hydrogens (tertiary/aromatic N) is 2. The first-order valence-electron chi connectivity index (χ1n) is 9.73. The predicted molar refractivity (Wildman–Crippen MR) is 100 cm³/mol. The van der Waals surface area contributed by atoms with Crippen molar-refractivity contribution in [3.05, 3.63) is 34.9 Å². The molecular formula is C20H24N4O4. The lowest BCUT2D eigenvalue weighted by atomic mass is 10.0. The number of piperidine rings is 1. The van der Waals surface area contributed by atoms with Crippen LogP contribution in [0.2, 0.25) is 0 Å². The minimum absolute atomic E-state index is 0.121. The average Bonchev–Trinajstić information content (AvgIpc) is 3.20. The SMILES string of the molecule is CNC[C@@H]1CCCN1Cc1cccc2c1C(=O)N(C1CCC(=O)NC1=O)C2=O. The number of imide groups is 2. The molecule has 8 heteroatoms. The number of fused-ring (bicyclic) bond motifs is 1. The third kappa shape index (κ3) is 3.12. The van der Waals surface area contributed by atoms with E-state index in [1.165, 1.54) is 0 Å². The number of likely N-dealkylation sites (tertiary alicyclic amines) is 1. The maximum Gasteiger partial charge on any atom is 0.262 e. The summed E-state index contributed by atoms with van der Waals surface area (Å²) in [6, 6.07) is 4.78. The van der Waals surface area contributed by atoms with Crippen molar-refractivity contribution in [1.82, 2.24) is 20.4 Å². The van der Waals surface area contributed by atoms with Gasteiger partial charge in [-0.15, -0.1) is 0 Å². The van der Waals surface area contributed by atoms with Gasteiger partial charge in [-0.05, 0) is 44.5 Å². The fourth-order valence-corrected chi connectivity index (χ4v) is 4.51. The molecule has 0 aliphatic carbocycles. The maximum atomic E-state index is 13.1. The Morgan fingerprint density at radius 3 is 2.71 bits per heavy atom. The molecule has 0 aromatic heterocycles. The Morgan fingerprint density at radius 1 is 1.14 bits per heavy atom. The van der Waals surface area contributed by atoms with Gasteiger partial charge in [0.25, 0.3) is 11.8 Å². The highest BCUT2D eigenvalue weighted by atomic mass is 16.2. The highest BCUT2D eigenvalue weighted by Gasteiger charge is 2.45. The Hall–Kier alpha value is -2.58. The van der Waals surface area contributed by atoms with Crippen LogP contribution in [0.1, 0.15) is 52.0 Å². The van der Waals surface area contributed by atoms with Crippen LogP contribution in [-0.4, -0.2) is 65.6 Å². The Balaban J connectivity index is 1.61. The van der Waals surface area contributed by atoms with Gasteiger partial charge in [0, 0.05) is 25.6 Å². The van der Waals surface area contributed by atoms with E-state index in [2.05, 4.69) is 15.5 Å². The summed E-state index contributed by atoms with van der Waals surface area (Å²) < 4.78 is 0. The Morgan fingerprint density at radius 2 is 1.96 bits per heavy atom. The molecular weight excluding hydrogens is 360 g/mol. The molecule has 2 atom stereocenters. The van der Waals surface area contributed by atoms with Crippen molar-refractivity contribution in [3.8, 4) is 0 Å². The van der Waals surface area contributed by atoms with E-state index in [0.29, 0.717) is 23.7 Å². The third-order valence-electron chi connectivity index (χ3n) is 5.87. The molecule has 8 nitrogen and oxygen atoms in total. The average molecular weight is 384 g/mol. The molecule has 1 aromatic rings. The molecule has 0 radical (unpaired) electrons. The van der Waals surface area contributed by atoms with E-state index in [9.17, 15) is 19.2 Å². The number of rotatable bonds is 5. The molecule has 2 saturated heterocycles. The fourth-order valence-electron chi connectivity index (χ4n) is 4.51. The van der Waals surface area contributed by atoms with Crippen LogP contribution < -0.4 is 10.6 Å². The van der Waals surface area contributed by atoms with Crippen molar-refractivity contribution < 1.29 is 19.2 Å². The topological polar surface area (TPSA) is 98.8 Å². The number of carbonyl (C=O) groups excluding carboxylic acids is 4. The molecule has 1 aromatic carbocycles. The van der Waals surface area contributed by atoms with Crippen LogP contribution in [0.25, 0.3) is 0 Å². The molecule has 3 aliphatic heterocycles. The standard InChI is InChI=1S/C20H24N4O4/c1-21-10-13-5-3-9-23(13)11-12-4-2-6-14-17(12)20(28)24(19(14)27)15-7-8-16(25)22-18(15)26/h2,4,6,13,15,21H,3,5,7-11H2,1H3,(H,22,25,26)/t13-,15?/m0/s1. The van der Waals surface area contributed by atoms with Gasteiger partial charge in [0.2, 0.25) is 11.8 Å². The predicted octanol–water partition coefficient (Wildman–Crippen LogP) is 0.272. The highest BCUT2D eigenvalue weighted by molar-refractivity contribution is 6.24. The second kappa shape index (κ2) is 7.44. The van der Waals surface area contributed by atoms with E-state index in [1.54, 1.807) is 12.1 Å². The smallest absolute Gasteiger partial charge is 0.262 e. The van der Waals surface area contributed by atoms with Gasteiger partial charge in [-0.2, -0.15) is 0 Å². The van der Waals surface area contributed by atoms with Gasteiger partial charge >= 0.3 is 0 Å². The largest absolute Gasteiger partial charge is 0.318 e. The third-order valence-corrected chi connectivity index (χ3v) is 5.87. The van der Waals surface area contributed by atoms with Crippen LogP contribution in [0, 0.1) is 0 Å². The number of hydrogen-bond acceptors (Lipinski definition) is 6. The molecule has 0 saturated carbocycles. The van der Waals surface area contributed by atoms with Crippen LogP contribution in [-0.2, 0) is 16.1 Å². The normalized spacial score (nSPS) is 25.4. The van der Waals surface area contributed by atoms with E-state index >= 15 is 0 Å². The van der Waals surface area contributed by atoms with Crippen molar-refractivity contribution >= 4 is 23.6 Å². The van der Waals surface area contributed by atoms with Gasteiger partial charge in [-0.1, -0.05) is 12.1 Å². The minimum atomic E-state index is -0.929. The number of benzene rings is 1. The van der Waals surface area contributed by atoms with E-state index in [1.807, 2.05) is 13.1 Å². The summed E-state index contributed by atoms with van der Waals surface area (Å²) in [7, 11) is 1.93. The molecule has 0 bridgehead atoms. The molecule has 3 aliphatic rings. The number of likely N-dealkylation sites (N-methyl/N-ethyl adjacent to an activating group) is 1. The first-order chi connectivity index (χ1) is 13.5. The second-order valence-electron chi connectivity index (χ2n) is 7.61. The Kier molecular flexibility index (Phi) is 4.99. The summed E-state index contributed by atoms with van der Waals surface area (Å²) in [5, 5.41) is 5.44. The van der Waals surface area contributed by atoms with Crippen LogP contribution in [0.15, 0.2) is 18.2 Å². The highest BCUT2D eigenvalue weighted by Crippen LogP contribution is 2.31. The van der Waals surface area contributed by atoms with Gasteiger partial charge in [0.1, 0.15) is 6.04 Å². The number of nitrogens with one attached hydrogen (secondary N) is 2. The number of carbonyl (C=O) groups is 4. The molecule has 2 N–H and O–H groups in total. The summed E-state index contributed by atoms with van der Waals surface area (Å²) in [6.07, 6.45) is 2.50. The summed E-state index contributed by atoms with van der Waals surface area (Å²) in [5.41, 5.74) is 1.55. The van der Waals surface area contributed by atoms with E-state index in [0.717, 1.165) is 36.4 Å². The quantitative estimate of drug-likeness (QED) is 0.707. The van der Waals surface area contributed by atoms with Crippen molar-refractivity contribution in [3.63, 3.8) is 0 Å². The lowest BCUT2D eigenvalue weighted by Gasteiger charge is -2.28. The first-order valence-corrected chi connectivity index (χ1v) is 9.73.